The van der Waals surface area contributed by atoms with Gasteiger partial charge in [0.25, 0.3) is 0 Å². The van der Waals surface area contributed by atoms with E-state index in [1.165, 1.54) is 16.8 Å². The second kappa shape index (κ2) is 5.86. The molecule has 0 aromatic heterocycles. The molecular formula is C19H30N2O. The summed E-state index contributed by atoms with van der Waals surface area (Å²) in [6, 6.07) is 4.89. The molecule has 3 heteroatoms. The zero-order valence-electron chi connectivity index (χ0n) is 14.8. The minimum atomic E-state index is 0.192. The van der Waals surface area contributed by atoms with Gasteiger partial charge in [-0.1, -0.05) is 26.8 Å². The van der Waals surface area contributed by atoms with Gasteiger partial charge >= 0.3 is 0 Å². The third kappa shape index (κ3) is 3.16. The van der Waals surface area contributed by atoms with Gasteiger partial charge in [0.1, 0.15) is 0 Å². The monoisotopic (exact) mass is 302 g/mol. The van der Waals surface area contributed by atoms with Crippen molar-refractivity contribution < 1.29 is 4.74 Å². The van der Waals surface area contributed by atoms with E-state index in [0.717, 1.165) is 39.2 Å². The summed E-state index contributed by atoms with van der Waals surface area (Å²) in [7, 11) is 2.23. The van der Waals surface area contributed by atoms with Gasteiger partial charge in [0.2, 0.25) is 0 Å². The second-order valence-electron chi connectivity index (χ2n) is 8.00. The lowest BCUT2D eigenvalue weighted by molar-refractivity contribution is 0.0531. The molecule has 0 N–H and O–H groups in total. The first-order chi connectivity index (χ1) is 10.3. The fourth-order valence-electron chi connectivity index (χ4n) is 3.57. The molecule has 2 aliphatic heterocycles. The largest absolute Gasteiger partial charge is 0.375 e. The maximum atomic E-state index is 5.74. The molecule has 3 nitrogen and oxygen atoms in total. The molecule has 3 rings (SSSR count). The number of ether oxygens (including phenoxy) is 1. The van der Waals surface area contributed by atoms with E-state index in [4.69, 9.17) is 4.74 Å². The molecule has 1 unspecified atom stereocenters. The molecule has 0 radical (unpaired) electrons. The van der Waals surface area contributed by atoms with Gasteiger partial charge in [0.15, 0.2) is 0 Å². The van der Waals surface area contributed by atoms with Gasteiger partial charge < -0.3 is 14.5 Å². The van der Waals surface area contributed by atoms with Gasteiger partial charge in [-0.3, -0.25) is 0 Å². The van der Waals surface area contributed by atoms with Crippen LogP contribution in [0.25, 0.3) is 0 Å². The highest BCUT2D eigenvalue weighted by molar-refractivity contribution is 5.61. The SMILES string of the molecule is CC1CN(c2cc(C(C)(C)C)cc3c2CCN(C)C3)CCO1. The van der Waals surface area contributed by atoms with Gasteiger partial charge in [-0.2, -0.15) is 0 Å². The average molecular weight is 302 g/mol. The van der Waals surface area contributed by atoms with E-state index in [9.17, 15) is 0 Å². The average Bonchev–Trinajstić information content (AvgIpc) is 2.44. The molecule has 1 fully saturated rings. The fourth-order valence-corrected chi connectivity index (χ4v) is 3.57. The molecule has 1 atom stereocenters. The molecule has 1 aromatic rings. The summed E-state index contributed by atoms with van der Waals surface area (Å²) in [4.78, 5) is 4.98. The van der Waals surface area contributed by atoms with Gasteiger partial charge in [0.05, 0.1) is 12.7 Å². The fraction of sp³-hybridized carbons (Fsp3) is 0.684. The number of nitrogens with zero attached hydrogens (tertiary/aromatic N) is 2. The van der Waals surface area contributed by atoms with E-state index < -0.39 is 0 Å². The van der Waals surface area contributed by atoms with Crippen molar-refractivity contribution in [1.29, 1.82) is 0 Å². The number of benzene rings is 1. The van der Waals surface area contributed by atoms with Crippen LogP contribution in [0.1, 0.15) is 44.4 Å². The van der Waals surface area contributed by atoms with Crippen molar-refractivity contribution in [3.8, 4) is 0 Å². The smallest absolute Gasteiger partial charge is 0.0722 e. The molecule has 1 aromatic carbocycles. The molecule has 0 saturated carbocycles. The Morgan fingerprint density at radius 2 is 1.95 bits per heavy atom. The summed E-state index contributed by atoms with van der Waals surface area (Å²) in [6.07, 6.45) is 1.49. The Hall–Kier alpha value is -1.06. The Balaban J connectivity index is 2.05. The van der Waals surface area contributed by atoms with Gasteiger partial charge in [0, 0.05) is 31.9 Å². The van der Waals surface area contributed by atoms with Crippen molar-refractivity contribution in [2.45, 2.75) is 52.2 Å². The minimum Gasteiger partial charge on any atom is -0.375 e. The van der Waals surface area contributed by atoms with E-state index in [-0.39, 0.29) is 5.41 Å². The van der Waals surface area contributed by atoms with Crippen LogP contribution >= 0.6 is 0 Å². The first-order valence-corrected chi connectivity index (χ1v) is 8.56. The van der Waals surface area contributed by atoms with E-state index in [2.05, 4.69) is 56.7 Å². The van der Waals surface area contributed by atoms with Crippen LogP contribution in [-0.2, 0) is 23.1 Å². The third-order valence-electron chi connectivity index (χ3n) is 4.95. The lowest BCUT2D eigenvalue weighted by atomic mass is 9.83. The highest BCUT2D eigenvalue weighted by Crippen LogP contribution is 2.35. The normalized spacial score (nSPS) is 23.5. The van der Waals surface area contributed by atoms with Crippen molar-refractivity contribution in [3.63, 3.8) is 0 Å². The van der Waals surface area contributed by atoms with Crippen LogP contribution < -0.4 is 4.90 Å². The van der Waals surface area contributed by atoms with Crippen LogP contribution in [0.15, 0.2) is 12.1 Å². The Labute approximate surface area is 135 Å². The standard InChI is InChI=1S/C19H30N2O/c1-14-12-21(8-9-22-14)18-11-16(19(2,3)4)10-15-13-20(5)7-6-17(15)18/h10-11,14H,6-9,12-13H2,1-5H3. The number of rotatable bonds is 1. The number of likely N-dealkylation sites (N-methyl/N-ethyl adjacent to an activating group) is 1. The quantitative estimate of drug-likeness (QED) is 0.792. The summed E-state index contributed by atoms with van der Waals surface area (Å²) in [5, 5.41) is 0. The van der Waals surface area contributed by atoms with E-state index >= 15 is 0 Å². The van der Waals surface area contributed by atoms with Crippen LogP contribution in [0.4, 0.5) is 5.69 Å². The summed E-state index contributed by atoms with van der Waals surface area (Å²) in [6.45, 7) is 14.2. The molecule has 2 heterocycles. The lowest BCUT2D eigenvalue weighted by Gasteiger charge is -2.38. The zero-order chi connectivity index (χ0) is 15.9. The molecule has 1 saturated heterocycles. The van der Waals surface area contributed by atoms with Crippen LogP contribution in [0.5, 0.6) is 0 Å². The summed E-state index contributed by atoms with van der Waals surface area (Å²) >= 11 is 0. The van der Waals surface area contributed by atoms with Crippen molar-refractivity contribution in [3.05, 3.63) is 28.8 Å². The Bertz CT molecular complexity index is 547. The van der Waals surface area contributed by atoms with Crippen molar-refractivity contribution >= 4 is 5.69 Å². The predicted molar refractivity (Wildman–Crippen MR) is 92.8 cm³/mol. The molecule has 0 aliphatic carbocycles. The number of morpholine rings is 1. The van der Waals surface area contributed by atoms with E-state index in [0.29, 0.717) is 6.10 Å². The van der Waals surface area contributed by atoms with Crippen LogP contribution in [-0.4, -0.2) is 44.3 Å². The van der Waals surface area contributed by atoms with E-state index in [1.807, 2.05) is 0 Å². The number of fused-ring (bicyclic) bond motifs is 1. The minimum absolute atomic E-state index is 0.192. The Morgan fingerprint density at radius 1 is 1.18 bits per heavy atom. The van der Waals surface area contributed by atoms with Gasteiger partial charge in [-0.05, 0) is 48.6 Å². The van der Waals surface area contributed by atoms with Crippen molar-refractivity contribution in [2.24, 2.45) is 0 Å². The zero-order valence-corrected chi connectivity index (χ0v) is 14.8. The topological polar surface area (TPSA) is 15.7 Å². The van der Waals surface area contributed by atoms with Crippen LogP contribution in [0, 0.1) is 0 Å². The summed E-state index contributed by atoms with van der Waals surface area (Å²) < 4.78 is 5.74. The first-order valence-electron chi connectivity index (χ1n) is 8.56. The molecule has 122 valence electrons. The highest BCUT2D eigenvalue weighted by atomic mass is 16.5. The third-order valence-corrected chi connectivity index (χ3v) is 4.95. The first kappa shape index (κ1) is 15.8. The number of hydrogen-bond acceptors (Lipinski definition) is 3. The van der Waals surface area contributed by atoms with Crippen molar-refractivity contribution in [1.82, 2.24) is 4.90 Å². The highest BCUT2D eigenvalue weighted by Gasteiger charge is 2.26. The van der Waals surface area contributed by atoms with Crippen LogP contribution in [0.2, 0.25) is 0 Å². The van der Waals surface area contributed by atoms with Gasteiger partial charge in [-0.25, -0.2) is 0 Å². The summed E-state index contributed by atoms with van der Waals surface area (Å²) in [5.74, 6) is 0. The van der Waals surface area contributed by atoms with Gasteiger partial charge in [-0.15, -0.1) is 0 Å². The molecular weight excluding hydrogens is 272 g/mol. The second-order valence-corrected chi connectivity index (χ2v) is 8.00. The predicted octanol–water partition coefficient (Wildman–Crippen LogP) is 3.20. The maximum absolute atomic E-state index is 5.74. The maximum Gasteiger partial charge on any atom is 0.0722 e. The van der Waals surface area contributed by atoms with Crippen molar-refractivity contribution in [2.75, 3.05) is 38.2 Å². The Kier molecular flexibility index (Phi) is 4.21. The molecule has 0 spiro atoms. The molecule has 0 bridgehead atoms. The lowest BCUT2D eigenvalue weighted by Crippen LogP contribution is -2.42. The number of hydrogen-bond donors (Lipinski definition) is 0. The molecule has 2 aliphatic rings. The van der Waals surface area contributed by atoms with Crippen LogP contribution in [0.3, 0.4) is 0 Å². The number of anilines is 1. The summed E-state index contributed by atoms with van der Waals surface area (Å²) in [5.41, 5.74) is 6.20. The molecule has 0 amide bonds. The van der Waals surface area contributed by atoms with E-state index in [1.54, 1.807) is 5.56 Å². The Morgan fingerprint density at radius 3 is 2.64 bits per heavy atom. The molecule has 22 heavy (non-hydrogen) atoms.